The molecular formula is C21H25ClFN3O3. The molecule has 0 aliphatic rings. The molecule has 0 saturated heterocycles. The van der Waals surface area contributed by atoms with Gasteiger partial charge in [-0.3, -0.25) is 14.5 Å². The van der Waals surface area contributed by atoms with E-state index in [1.165, 1.54) is 42.2 Å². The van der Waals surface area contributed by atoms with Gasteiger partial charge >= 0.3 is 0 Å². The van der Waals surface area contributed by atoms with Crippen molar-refractivity contribution in [2.45, 2.75) is 32.7 Å². The third-order valence-corrected chi connectivity index (χ3v) is 4.86. The fourth-order valence-corrected chi connectivity index (χ4v) is 3.08. The summed E-state index contributed by atoms with van der Waals surface area (Å²) in [6.45, 7) is 5.86. The third-order valence-electron chi connectivity index (χ3n) is 4.57. The number of hydrogen-bond donors (Lipinski definition) is 0. The molecule has 2 amide bonds. The minimum absolute atomic E-state index is 0.0382. The van der Waals surface area contributed by atoms with Crippen molar-refractivity contribution in [3.63, 3.8) is 0 Å². The number of nitrogens with zero attached hydrogens (tertiary/aromatic N) is 3. The molecule has 0 saturated carbocycles. The monoisotopic (exact) mass is 421 g/mol. The van der Waals surface area contributed by atoms with Crippen molar-refractivity contribution < 1.29 is 18.7 Å². The molecule has 1 atom stereocenters. The van der Waals surface area contributed by atoms with Crippen LogP contribution in [0.2, 0.25) is 5.02 Å². The number of likely N-dealkylation sites (N-methyl/N-ethyl adjacent to an activating group) is 1. The molecule has 156 valence electrons. The Hall–Kier alpha value is -2.51. The van der Waals surface area contributed by atoms with Crippen molar-refractivity contribution in [2.75, 3.05) is 30.6 Å². The molecule has 0 N–H and O–H groups in total. The molecule has 1 aromatic carbocycles. The molecule has 6 nitrogen and oxygen atoms in total. The van der Waals surface area contributed by atoms with Gasteiger partial charge in [0.15, 0.2) is 0 Å². The van der Waals surface area contributed by atoms with E-state index in [4.69, 9.17) is 16.3 Å². The SMILES string of the molecule is COCC(C(=O)N(C)c1ccc(F)c(Cl)c1)N(C=O)c1cc(C(C)C)cc(C)n1. The summed E-state index contributed by atoms with van der Waals surface area (Å²) in [5.41, 5.74) is 2.13. The second-order valence-electron chi connectivity index (χ2n) is 7.03. The summed E-state index contributed by atoms with van der Waals surface area (Å²) >= 11 is 5.84. The Kier molecular flexibility index (Phi) is 7.70. The van der Waals surface area contributed by atoms with E-state index >= 15 is 0 Å². The van der Waals surface area contributed by atoms with E-state index in [-0.39, 0.29) is 17.5 Å². The highest BCUT2D eigenvalue weighted by atomic mass is 35.5. The number of carbonyl (C=O) groups excluding carboxylic acids is 2. The van der Waals surface area contributed by atoms with Crippen LogP contribution in [-0.4, -0.2) is 44.1 Å². The maximum Gasteiger partial charge on any atom is 0.252 e. The topological polar surface area (TPSA) is 62.7 Å². The van der Waals surface area contributed by atoms with Gasteiger partial charge in [-0.05, 0) is 48.7 Å². The van der Waals surface area contributed by atoms with Crippen molar-refractivity contribution in [1.82, 2.24) is 4.98 Å². The van der Waals surface area contributed by atoms with Crippen LogP contribution in [0.4, 0.5) is 15.9 Å². The first-order valence-electron chi connectivity index (χ1n) is 9.13. The van der Waals surface area contributed by atoms with Crippen molar-refractivity contribution in [3.8, 4) is 0 Å². The Morgan fingerprint density at radius 3 is 2.55 bits per heavy atom. The van der Waals surface area contributed by atoms with Gasteiger partial charge in [-0.25, -0.2) is 9.37 Å². The predicted molar refractivity (Wildman–Crippen MR) is 112 cm³/mol. The fraction of sp³-hybridized carbons (Fsp3) is 0.381. The minimum Gasteiger partial charge on any atom is -0.382 e. The lowest BCUT2D eigenvalue weighted by molar-refractivity contribution is -0.122. The van der Waals surface area contributed by atoms with Crippen LogP contribution in [0.3, 0.4) is 0 Å². The Bertz CT molecular complexity index is 891. The number of amides is 2. The number of rotatable bonds is 8. The van der Waals surface area contributed by atoms with Gasteiger partial charge in [0, 0.05) is 25.5 Å². The summed E-state index contributed by atoms with van der Waals surface area (Å²) in [7, 11) is 2.97. The molecule has 0 aliphatic heterocycles. The van der Waals surface area contributed by atoms with Gasteiger partial charge in [-0.15, -0.1) is 0 Å². The van der Waals surface area contributed by atoms with E-state index in [0.717, 1.165) is 11.3 Å². The summed E-state index contributed by atoms with van der Waals surface area (Å²) in [6, 6.07) is 6.75. The number of hydrogen-bond acceptors (Lipinski definition) is 4. The van der Waals surface area contributed by atoms with Crippen LogP contribution in [-0.2, 0) is 14.3 Å². The second-order valence-corrected chi connectivity index (χ2v) is 7.44. The number of pyridine rings is 1. The van der Waals surface area contributed by atoms with Crippen LogP contribution in [0, 0.1) is 12.7 Å². The highest BCUT2D eigenvalue weighted by Gasteiger charge is 2.31. The molecule has 0 radical (unpaired) electrons. The van der Waals surface area contributed by atoms with E-state index < -0.39 is 17.8 Å². The van der Waals surface area contributed by atoms with Gasteiger partial charge < -0.3 is 9.64 Å². The van der Waals surface area contributed by atoms with Crippen LogP contribution in [0.15, 0.2) is 30.3 Å². The van der Waals surface area contributed by atoms with Crippen LogP contribution in [0.1, 0.15) is 31.0 Å². The molecule has 0 aliphatic carbocycles. The standard InChI is InChI=1S/C21H25ClFN3O3/c1-13(2)15-8-14(3)24-20(9-15)26(12-27)19(11-29-5)21(28)25(4)16-6-7-18(23)17(22)10-16/h6-10,12-13,19H,11H2,1-5H3. The first-order valence-corrected chi connectivity index (χ1v) is 9.51. The molecule has 2 aromatic rings. The lowest BCUT2D eigenvalue weighted by Gasteiger charge is -2.30. The number of aromatic nitrogens is 1. The Balaban J connectivity index is 2.43. The van der Waals surface area contributed by atoms with Gasteiger partial charge in [0.1, 0.15) is 17.7 Å². The number of aryl methyl sites for hydroxylation is 1. The van der Waals surface area contributed by atoms with Crippen molar-refractivity contribution in [3.05, 3.63) is 52.4 Å². The number of methoxy groups -OCH3 is 1. The van der Waals surface area contributed by atoms with E-state index in [2.05, 4.69) is 4.98 Å². The molecule has 2 rings (SSSR count). The Labute approximate surface area is 175 Å². The van der Waals surface area contributed by atoms with Gasteiger partial charge in [0.25, 0.3) is 5.91 Å². The molecule has 29 heavy (non-hydrogen) atoms. The number of halogens is 2. The largest absolute Gasteiger partial charge is 0.382 e. The average molecular weight is 422 g/mol. The zero-order valence-corrected chi connectivity index (χ0v) is 17.9. The number of carbonyl (C=O) groups is 2. The molecule has 0 spiro atoms. The fourth-order valence-electron chi connectivity index (χ4n) is 2.90. The number of ether oxygens (including phenoxy) is 1. The summed E-state index contributed by atoms with van der Waals surface area (Å²) in [4.78, 5) is 32.1. The number of benzene rings is 1. The lowest BCUT2D eigenvalue weighted by atomic mass is 10.0. The first-order chi connectivity index (χ1) is 13.7. The van der Waals surface area contributed by atoms with Crippen molar-refractivity contribution in [2.24, 2.45) is 0 Å². The smallest absolute Gasteiger partial charge is 0.252 e. The Morgan fingerprint density at radius 2 is 2.00 bits per heavy atom. The second kappa shape index (κ2) is 9.80. The van der Waals surface area contributed by atoms with Crippen molar-refractivity contribution in [1.29, 1.82) is 0 Å². The lowest BCUT2D eigenvalue weighted by Crippen LogP contribution is -2.50. The summed E-state index contributed by atoms with van der Waals surface area (Å²) in [5.74, 6) is -0.408. The number of anilines is 2. The zero-order valence-electron chi connectivity index (χ0n) is 17.1. The van der Waals surface area contributed by atoms with Gasteiger partial charge in [0.05, 0.1) is 11.6 Å². The normalized spacial score (nSPS) is 12.0. The summed E-state index contributed by atoms with van der Waals surface area (Å²) in [5, 5.41) is -0.0976. The van der Waals surface area contributed by atoms with E-state index in [1.54, 1.807) is 6.07 Å². The predicted octanol–water partition coefficient (Wildman–Crippen LogP) is 3.95. The van der Waals surface area contributed by atoms with Gasteiger partial charge in [-0.1, -0.05) is 25.4 Å². The summed E-state index contributed by atoms with van der Waals surface area (Å²) in [6.07, 6.45) is 0.568. The molecule has 1 heterocycles. The van der Waals surface area contributed by atoms with Gasteiger partial charge in [-0.2, -0.15) is 0 Å². The van der Waals surface area contributed by atoms with E-state index in [9.17, 15) is 14.0 Å². The van der Waals surface area contributed by atoms with E-state index in [1.807, 2.05) is 26.8 Å². The molecular weight excluding hydrogens is 397 g/mol. The highest BCUT2D eigenvalue weighted by molar-refractivity contribution is 6.31. The minimum atomic E-state index is -0.958. The first kappa shape index (κ1) is 22.8. The van der Waals surface area contributed by atoms with Crippen LogP contribution >= 0.6 is 11.6 Å². The Morgan fingerprint density at radius 1 is 1.31 bits per heavy atom. The molecule has 1 aromatic heterocycles. The quantitative estimate of drug-likeness (QED) is 0.605. The van der Waals surface area contributed by atoms with Crippen molar-refractivity contribution >= 4 is 35.4 Å². The average Bonchev–Trinajstić information content (AvgIpc) is 2.68. The zero-order chi connectivity index (χ0) is 21.7. The van der Waals surface area contributed by atoms with E-state index in [0.29, 0.717) is 17.9 Å². The highest BCUT2D eigenvalue weighted by Crippen LogP contribution is 2.25. The molecule has 1 unspecified atom stereocenters. The maximum atomic E-state index is 13.5. The maximum absolute atomic E-state index is 13.5. The van der Waals surface area contributed by atoms with Crippen LogP contribution in [0.25, 0.3) is 0 Å². The molecule has 0 fully saturated rings. The van der Waals surface area contributed by atoms with Crippen LogP contribution < -0.4 is 9.80 Å². The molecule has 0 bridgehead atoms. The summed E-state index contributed by atoms with van der Waals surface area (Å²) < 4.78 is 18.7. The third kappa shape index (κ3) is 5.31. The molecule has 8 heteroatoms. The van der Waals surface area contributed by atoms with Crippen LogP contribution in [0.5, 0.6) is 0 Å². The van der Waals surface area contributed by atoms with Gasteiger partial charge in [0.2, 0.25) is 6.41 Å².